The second-order valence-electron chi connectivity index (χ2n) is 4.18. The minimum Gasteiger partial charge on any atom is -0.495 e. The van der Waals surface area contributed by atoms with E-state index in [1.165, 1.54) is 25.3 Å². The van der Waals surface area contributed by atoms with Gasteiger partial charge in [-0.05, 0) is 36.0 Å². The summed E-state index contributed by atoms with van der Waals surface area (Å²) in [6, 6.07) is 3.79. The van der Waals surface area contributed by atoms with E-state index in [2.05, 4.69) is 22.9 Å². The molecule has 23 heavy (non-hydrogen) atoms. The predicted molar refractivity (Wildman–Crippen MR) is 79.7 cm³/mol. The fourth-order valence-electron chi connectivity index (χ4n) is 1.76. The number of benzene rings is 1. The number of amides is 2. The third kappa shape index (κ3) is 4.59. The Morgan fingerprint density at radius 2 is 1.78 bits per heavy atom. The van der Waals surface area contributed by atoms with Gasteiger partial charge in [0, 0.05) is 0 Å². The molecule has 0 bridgehead atoms. The zero-order valence-electron chi connectivity index (χ0n) is 12.1. The molecule has 1 saturated heterocycles. The Morgan fingerprint density at radius 3 is 2.26 bits per heavy atom. The zero-order chi connectivity index (χ0) is 16.5. The van der Waals surface area contributed by atoms with E-state index >= 15 is 0 Å². The van der Waals surface area contributed by atoms with Gasteiger partial charge >= 0.3 is 29.6 Å². The van der Waals surface area contributed by atoms with Gasteiger partial charge in [0.25, 0.3) is 21.9 Å². The van der Waals surface area contributed by atoms with Gasteiger partial charge in [-0.3, -0.25) is 24.8 Å². The van der Waals surface area contributed by atoms with Gasteiger partial charge in [0.15, 0.2) is 5.11 Å². The van der Waals surface area contributed by atoms with Crippen LogP contribution in [0.1, 0.15) is 5.56 Å². The molecule has 0 atom stereocenters. The fourth-order valence-corrected chi connectivity index (χ4v) is 2.63. The Hall–Kier alpha value is -1.30. The number of nitrogens with one attached hydrogen (secondary N) is 2. The van der Waals surface area contributed by atoms with Crippen LogP contribution >= 0.6 is 12.2 Å². The van der Waals surface area contributed by atoms with E-state index in [1.807, 2.05) is 0 Å². The van der Waals surface area contributed by atoms with E-state index in [9.17, 15) is 18.0 Å². The van der Waals surface area contributed by atoms with Crippen molar-refractivity contribution in [2.45, 2.75) is 4.90 Å². The van der Waals surface area contributed by atoms with Crippen molar-refractivity contribution >= 4 is 45.3 Å². The van der Waals surface area contributed by atoms with Crippen LogP contribution in [0.3, 0.4) is 0 Å². The molecule has 1 aromatic rings. The van der Waals surface area contributed by atoms with Crippen LogP contribution in [-0.4, -0.2) is 37.0 Å². The monoisotopic (exact) mass is 365 g/mol. The van der Waals surface area contributed by atoms with Crippen molar-refractivity contribution in [1.29, 1.82) is 0 Å². The standard InChI is InChI=1S/C12H10N2O6S2.Na/c1-20-8-3-2-6(5-9(8)22(17,18)19)4-7-10(15)13-12(21)14-11(7)16;/h2-5H,1H3,(H,17,18,19)(H2,13,14,15,16,21);/q;+1. The van der Waals surface area contributed by atoms with Crippen LogP contribution < -0.4 is 44.9 Å². The van der Waals surface area contributed by atoms with Gasteiger partial charge in [0.05, 0.1) is 7.11 Å². The molecule has 0 saturated carbocycles. The number of thiocarbonyl (C=S) groups is 1. The molecule has 1 heterocycles. The maximum atomic E-state index is 11.7. The normalized spacial score (nSPS) is 14.5. The van der Waals surface area contributed by atoms with Crippen molar-refractivity contribution in [1.82, 2.24) is 10.6 Å². The summed E-state index contributed by atoms with van der Waals surface area (Å²) in [4.78, 5) is 22.9. The van der Waals surface area contributed by atoms with E-state index in [-0.39, 0.29) is 51.6 Å². The Labute approximate surface area is 159 Å². The largest absolute Gasteiger partial charge is 1.00 e. The van der Waals surface area contributed by atoms with Crippen molar-refractivity contribution in [3.63, 3.8) is 0 Å². The number of carbonyl (C=O) groups is 2. The molecule has 3 N–H and O–H groups in total. The van der Waals surface area contributed by atoms with Crippen molar-refractivity contribution < 1.29 is 56.9 Å². The Kier molecular flexibility index (Phi) is 6.45. The minimum atomic E-state index is -4.52. The van der Waals surface area contributed by atoms with E-state index in [0.717, 1.165) is 6.07 Å². The molecule has 1 fully saturated rings. The average Bonchev–Trinajstić information content (AvgIpc) is 2.41. The van der Waals surface area contributed by atoms with E-state index in [4.69, 9.17) is 9.29 Å². The van der Waals surface area contributed by atoms with Crippen LogP contribution in [0.25, 0.3) is 6.08 Å². The summed E-state index contributed by atoms with van der Waals surface area (Å²) in [5, 5.41) is 4.38. The van der Waals surface area contributed by atoms with Gasteiger partial charge in [0.1, 0.15) is 16.2 Å². The molecule has 0 unspecified atom stereocenters. The van der Waals surface area contributed by atoms with E-state index in [1.54, 1.807) is 0 Å². The van der Waals surface area contributed by atoms with Gasteiger partial charge < -0.3 is 4.74 Å². The molecule has 1 aromatic carbocycles. The molecular weight excluding hydrogens is 355 g/mol. The summed E-state index contributed by atoms with van der Waals surface area (Å²) in [7, 11) is -3.28. The maximum Gasteiger partial charge on any atom is 1.00 e. The number of ether oxygens (including phenoxy) is 1. The molecular formula is C12H10N2NaO6S2+. The Bertz CT molecular complexity index is 797. The summed E-state index contributed by atoms with van der Waals surface area (Å²) in [6.07, 6.45) is 1.17. The maximum absolute atomic E-state index is 11.7. The van der Waals surface area contributed by atoms with Gasteiger partial charge in [-0.25, -0.2) is 0 Å². The number of hydrogen-bond acceptors (Lipinski definition) is 6. The molecule has 2 rings (SSSR count). The molecule has 8 nitrogen and oxygen atoms in total. The summed E-state index contributed by atoms with van der Waals surface area (Å²) in [6.45, 7) is 0. The summed E-state index contributed by atoms with van der Waals surface area (Å²) >= 11 is 4.66. The zero-order valence-corrected chi connectivity index (χ0v) is 15.7. The van der Waals surface area contributed by atoms with Crippen LogP contribution in [0.5, 0.6) is 5.75 Å². The third-order valence-corrected chi connectivity index (χ3v) is 3.80. The first kappa shape index (κ1) is 19.7. The van der Waals surface area contributed by atoms with Gasteiger partial charge in [-0.1, -0.05) is 6.07 Å². The van der Waals surface area contributed by atoms with Crippen LogP contribution in [-0.2, 0) is 19.7 Å². The van der Waals surface area contributed by atoms with Crippen LogP contribution in [0, 0.1) is 0 Å². The Morgan fingerprint density at radius 1 is 1.22 bits per heavy atom. The molecule has 1 aliphatic heterocycles. The van der Waals surface area contributed by atoms with Crippen molar-refractivity contribution in [2.75, 3.05) is 7.11 Å². The van der Waals surface area contributed by atoms with Crippen LogP contribution in [0.2, 0.25) is 0 Å². The second kappa shape index (κ2) is 7.51. The third-order valence-electron chi connectivity index (χ3n) is 2.72. The van der Waals surface area contributed by atoms with Crippen molar-refractivity contribution in [3.05, 3.63) is 29.3 Å². The second-order valence-corrected chi connectivity index (χ2v) is 5.98. The number of hydrogen-bond donors (Lipinski definition) is 3. The van der Waals surface area contributed by atoms with E-state index in [0.29, 0.717) is 0 Å². The van der Waals surface area contributed by atoms with Crippen molar-refractivity contribution in [2.24, 2.45) is 0 Å². The molecule has 1 aliphatic rings. The van der Waals surface area contributed by atoms with Crippen LogP contribution in [0.4, 0.5) is 0 Å². The predicted octanol–water partition coefficient (Wildman–Crippen LogP) is -3.14. The summed E-state index contributed by atoms with van der Waals surface area (Å²) < 4.78 is 36.6. The topological polar surface area (TPSA) is 122 Å². The molecule has 11 heteroatoms. The smallest absolute Gasteiger partial charge is 0.495 e. The summed E-state index contributed by atoms with van der Waals surface area (Å²) in [5.74, 6) is -1.49. The molecule has 116 valence electrons. The molecule has 0 aromatic heterocycles. The first-order chi connectivity index (χ1) is 10.2. The molecule has 0 spiro atoms. The van der Waals surface area contributed by atoms with Crippen molar-refractivity contribution in [3.8, 4) is 5.75 Å². The molecule has 0 aliphatic carbocycles. The molecule has 2 amide bonds. The van der Waals surface area contributed by atoms with E-state index < -0.39 is 26.8 Å². The first-order valence-electron chi connectivity index (χ1n) is 5.76. The Balaban J connectivity index is 0.00000264. The summed E-state index contributed by atoms with van der Waals surface area (Å²) in [5.41, 5.74) is -0.0402. The number of rotatable bonds is 3. The first-order valence-corrected chi connectivity index (χ1v) is 7.61. The van der Waals surface area contributed by atoms with Gasteiger partial charge in [0.2, 0.25) is 0 Å². The minimum absolute atomic E-state index is 0. The van der Waals surface area contributed by atoms with Gasteiger partial charge in [-0.2, -0.15) is 8.42 Å². The quantitative estimate of drug-likeness (QED) is 0.170. The molecule has 0 radical (unpaired) electrons. The number of carbonyl (C=O) groups excluding carboxylic acids is 2. The fraction of sp³-hybridized carbons (Fsp3) is 0.0833. The SMILES string of the molecule is COc1ccc(C=C2C(=O)NC(=S)NC2=O)cc1S(=O)(=O)O.[Na+]. The average molecular weight is 365 g/mol. The van der Waals surface area contributed by atoms with Gasteiger partial charge in [-0.15, -0.1) is 0 Å². The van der Waals surface area contributed by atoms with Crippen LogP contribution in [0.15, 0.2) is 28.7 Å². The number of methoxy groups -OCH3 is 1.